The van der Waals surface area contributed by atoms with E-state index in [0.717, 1.165) is 25.9 Å². The lowest BCUT2D eigenvalue weighted by Gasteiger charge is -2.05. The third-order valence-corrected chi connectivity index (χ3v) is 4.71. The second-order valence-electron chi connectivity index (χ2n) is 4.61. The summed E-state index contributed by atoms with van der Waals surface area (Å²) in [6.45, 7) is 0.121. The van der Waals surface area contributed by atoms with Crippen LogP contribution in [0.5, 0.6) is 0 Å². The Morgan fingerprint density at radius 2 is 1.95 bits per heavy atom. The molecule has 2 N–H and O–H groups in total. The number of rotatable bonds is 3. The van der Waals surface area contributed by atoms with Crippen molar-refractivity contribution in [3.8, 4) is 0 Å². The van der Waals surface area contributed by atoms with Gasteiger partial charge in [0.05, 0.1) is 11.9 Å². The first-order chi connectivity index (χ1) is 10.5. The highest BCUT2D eigenvalue weighted by Crippen LogP contribution is 2.20. The Balaban J connectivity index is 2.13. The van der Waals surface area contributed by atoms with Crippen molar-refractivity contribution in [2.75, 3.05) is 0 Å². The van der Waals surface area contributed by atoms with E-state index < -0.39 is 17.2 Å². The standard InChI is InChI=1S/C14H9BrN2O4S/c15-8-3-1-7(2-4-8)6-17-12(18)9-5-10(13(19)20)22-11(9)16-14(17)21/h1-5H,6H2,(H,16,21)(H,19,20). The molecule has 0 aliphatic carbocycles. The summed E-state index contributed by atoms with van der Waals surface area (Å²) >= 11 is 4.19. The Bertz CT molecular complexity index is 985. The minimum absolute atomic E-state index is 0.0177. The maximum atomic E-state index is 12.4. The fourth-order valence-electron chi connectivity index (χ4n) is 2.07. The van der Waals surface area contributed by atoms with Crippen molar-refractivity contribution in [2.45, 2.75) is 6.54 Å². The van der Waals surface area contributed by atoms with E-state index in [1.165, 1.54) is 6.07 Å². The number of hydrogen-bond donors (Lipinski definition) is 2. The highest BCUT2D eigenvalue weighted by molar-refractivity contribution is 9.10. The molecule has 0 radical (unpaired) electrons. The average Bonchev–Trinajstić information content (AvgIpc) is 2.90. The highest BCUT2D eigenvalue weighted by Gasteiger charge is 2.14. The van der Waals surface area contributed by atoms with E-state index in [-0.39, 0.29) is 21.6 Å². The van der Waals surface area contributed by atoms with Gasteiger partial charge in [0.2, 0.25) is 0 Å². The lowest BCUT2D eigenvalue weighted by molar-refractivity contribution is 0.0702. The number of H-pyrrole nitrogens is 1. The van der Waals surface area contributed by atoms with Crippen molar-refractivity contribution in [3.05, 3.63) is 66.1 Å². The number of carboxylic acid groups (broad SMARTS) is 1. The lowest BCUT2D eigenvalue weighted by atomic mass is 10.2. The molecule has 0 unspecified atom stereocenters. The SMILES string of the molecule is O=C(O)c1cc2c(=O)n(Cc3ccc(Br)cc3)c(=O)[nH]c2s1. The number of fused-ring (bicyclic) bond motifs is 1. The highest BCUT2D eigenvalue weighted by atomic mass is 79.9. The van der Waals surface area contributed by atoms with Gasteiger partial charge in [0.1, 0.15) is 9.71 Å². The van der Waals surface area contributed by atoms with Gasteiger partial charge in [-0.05, 0) is 23.8 Å². The van der Waals surface area contributed by atoms with Crippen LogP contribution < -0.4 is 11.2 Å². The Morgan fingerprint density at radius 3 is 2.59 bits per heavy atom. The molecule has 8 heteroatoms. The van der Waals surface area contributed by atoms with Crippen LogP contribution in [0.1, 0.15) is 15.2 Å². The third-order valence-electron chi connectivity index (χ3n) is 3.14. The Morgan fingerprint density at radius 1 is 1.27 bits per heavy atom. The van der Waals surface area contributed by atoms with Gasteiger partial charge in [-0.25, -0.2) is 9.59 Å². The quantitative estimate of drug-likeness (QED) is 0.728. The molecule has 3 rings (SSSR count). The number of hydrogen-bond acceptors (Lipinski definition) is 4. The average molecular weight is 381 g/mol. The molecule has 0 fully saturated rings. The Hall–Kier alpha value is -2.19. The Kier molecular flexibility index (Phi) is 3.71. The van der Waals surface area contributed by atoms with Crippen molar-refractivity contribution in [1.29, 1.82) is 0 Å². The van der Waals surface area contributed by atoms with Crippen LogP contribution in [0.2, 0.25) is 0 Å². The third kappa shape index (κ3) is 2.62. The number of aromatic carboxylic acids is 1. The summed E-state index contributed by atoms with van der Waals surface area (Å²) in [6, 6.07) is 8.53. The molecule has 1 aromatic carbocycles. The molecule has 0 amide bonds. The minimum atomic E-state index is -1.12. The summed E-state index contributed by atoms with van der Waals surface area (Å²) in [5, 5.41) is 9.19. The smallest absolute Gasteiger partial charge is 0.345 e. The fourth-order valence-corrected chi connectivity index (χ4v) is 3.21. The first-order valence-corrected chi connectivity index (χ1v) is 7.81. The molecule has 112 valence electrons. The molecular weight excluding hydrogens is 372 g/mol. The molecule has 2 aromatic heterocycles. The van der Waals surface area contributed by atoms with Crippen molar-refractivity contribution < 1.29 is 9.90 Å². The molecule has 0 bridgehead atoms. The topological polar surface area (TPSA) is 92.2 Å². The van der Waals surface area contributed by atoms with Crippen LogP contribution in [-0.4, -0.2) is 20.6 Å². The molecule has 22 heavy (non-hydrogen) atoms. The summed E-state index contributed by atoms with van der Waals surface area (Å²) in [5.74, 6) is -1.12. The maximum absolute atomic E-state index is 12.4. The van der Waals surface area contributed by atoms with Gasteiger partial charge in [-0.1, -0.05) is 28.1 Å². The van der Waals surface area contributed by atoms with Crippen LogP contribution >= 0.6 is 27.3 Å². The summed E-state index contributed by atoms with van der Waals surface area (Å²) in [5.41, 5.74) is -0.256. The van der Waals surface area contributed by atoms with Crippen LogP contribution in [0.15, 0.2) is 44.4 Å². The van der Waals surface area contributed by atoms with Crippen molar-refractivity contribution in [2.24, 2.45) is 0 Å². The number of aromatic amines is 1. The molecule has 0 saturated carbocycles. The van der Waals surface area contributed by atoms with Gasteiger partial charge in [-0.3, -0.25) is 14.3 Å². The number of aromatic nitrogens is 2. The largest absolute Gasteiger partial charge is 0.477 e. The monoisotopic (exact) mass is 380 g/mol. The van der Waals surface area contributed by atoms with Gasteiger partial charge < -0.3 is 5.11 Å². The van der Waals surface area contributed by atoms with E-state index in [9.17, 15) is 14.4 Å². The fraction of sp³-hybridized carbons (Fsp3) is 0.0714. The second kappa shape index (κ2) is 5.54. The van der Waals surface area contributed by atoms with E-state index in [1.807, 2.05) is 12.1 Å². The van der Waals surface area contributed by atoms with Crippen molar-refractivity contribution in [1.82, 2.24) is 9.55 Å². The molecule has 0 saturated heterocycles. The van der Waals surface area contributed by atoms with Crippen LogP contribution in [0.4, 0.5) is 0 Å². The van der Waals surface area contributed by atoms with Gasteiger partial charge in [-0.15, -0.1) is 11.3 Å². The van der Waals surface area contributed by atoms with E-state index in [0.29, 0.717) is 0 Å². The summed E-state index contributed by atoms with van der Waals surface area (Å²) in [7, 11) is 0. The number of thiophene rings is 1. The number of carbonyl (C=O) groups is 1. The van der Waals surface area contributed by atoms with Crippen molar-refractivity contribution in [3.63, 3.8) is 0 Å². The second-order valence-corrected chi connectivity index (χ2v) is 6.57. The van der Waals surface area contributed by atoms with Crippen LogP contribution in [-0.2, 0) is 6.54 Å². The number of halogens is 1. The minimum Gasteiger partial charge on any atom is -0.477 e. The molecule has 3 aromatic rings. The van der Waals surface area contributed by atoms with Crippen LogP contribution in [0, 0.1) is 0 Å². The van der Waals surface area contributed by atoms with Gasteiger partial charge in [0, 0.05) is 4.47 Å². The molecule has 0 atom stereocenters. The van der Waals surface area contributed by atoms with Gasteiger partial charge in [0.25, 0.3) is 5.56 Å². The molecule has 0 aliphatic heterocycles. The zero-order chi connectivity index (χ0) is 15.9. The summed E-state index contributed by atoms with van der Waals surface area (Å²) in [4.78, 5) is 38.3. The normalized spacial score (nSPS) is 11.0. The zero-order valence-electron chi connectivity index (χ0n) is 11.0. The molecule has 0 spiro atoms. The van der Waals surface area contributed by atoms with E-state index in [4.69, 9.17) is 5.11 Å². The first kappa shape index (κ1) is 14.7. The van der Waals surface area contributed by atoms with Crippen LogP contribution in [0.25, 0.3) is 10.2 Å². The van der Waals surface area contributed by atoms with E-state index in [2.05, 4.69) is 20.9 Å². The number of benzene rings is 1. The van der Waals surface area contributed by atoms with Gasteiger partial charge in [-0.2, -0.15) is 0 Å². The number of nitrogens with zero attached hydrogens (tertiary/aromatic N) is 1. The molecule has 0 aliphatic rings. The zero-order valence-corrected chi connectivity index (χ0v) is 13.4. The van der Waals surface area contributed by atoms with E-state index >= 15 is 0 Å². The van der Waals surface area contributed by atoms with Crippen LogP contribution in [0.3, 0.4) is 0 Å². The summed E-state index contributed by atoms with van der Waals surface area (Å²) in [6.07, 6.45) is 0. The molecule has 2 heterocycles. The molecular formula is C14H9BrN2O4S. The maximum Gasteiger partial charge on any atom is 0.345 e. The Labute approximate surface area is 135 Å². The van der Waals surface area contributed by atoms with Gasteiger partial charge in [0.15, 0.2) is 0 Å². The van der Waals surface area contributed by atoms with E-state index in [1.54, 1.807) is 12.1 Å². The van der Waals surface area contributed by atoms with Gasteiger partial charge >= 0.3 is 11.7 Å². The lowest BCUT2D eigenvalue weighted by Crippen LogP contribution is -2.34. The summed E-state index contributed by atoms with van der Waals surface area (Å²) < 4.78 is 1.96. The number of nitrogens with one attached hydrogen (secondary N) is 1. The number of carboxylic acids is 1. The molecule has 6 nitrogen and oxygen atoms in total. The first-order valence-electron chi connectivity index (χ1n) is 6.20. The predicted octanol–water partition coefficient (Wildman–Crippen LogP) is 2.26. The predicted molar refractivity (Wildman–Crippen MR) is 86.9 cm³/mol. The van der Waals surface area contributed by atoms with Crippen molar-refractivity contribution >= 4 is 43.5 Å².